The first-order chi connectivity index (χ1) is 13.8. The van der Waals surface area contributed by atoms with Crippen molar-refractivity contribution < 1.29 is 0 Å². The third-order valence-corrected chi connectivity index (χ3v) is 4.95. The highest BCUT2D eigenvalue weighted by atomic mass is 15.3. The first kappa shape index (κ1) is 16.5. The third kappa shape index (κ3) is 2.78. The molecule has 0 saturated heterocycles. The van der Waals surface area contributed by atoms with Crippen molar-refractivity contribution in [3.63, 3.8) is 0 Å². The summed E-state index contributed by atoms with van der Waals surface area (Å²) in [5.41, 5.74) is 4.39. The maximum absolute atomic E-state index is 4.59. The summed E-state index contributed by atoms with van der Waals surface area (Å²) in [7, 11) is 0. The average Bonchev–Trinajstić information content (AvgIpc) is 3.19. The Labute approximate surface area is 163 Å². The van der Waals surface area contributed by atoms with Crippen LogP contribution in [0.1, 0.15) is 5.56 Å². The lowest BCUT2D eigenvalue weighted by Gasteiger charge is -2.15. The lowest BCUT2D eigenvalue weighted by Crippen LogP contribution is -2.02. The molecule has 1 heterocycles. The number of benzene rings is 4. The first-order valence-corrected chi connectivity index (χ1v) is 9.37. The van der Waals surface area contributed by atoms with Crippen molar-refractivity contribution in [3.05, 3.63) is 103 Å². The molecule has 0 radical (unpaired) electrons. The van der Waals surface area contributed by atoms with Crippen molar-refractivity contribution >= 4 is 10.8 Å². The van der Waals surface area contributed by atoms with E-state index in [0.717, 1.165) is 28.5 Å². The van der Waals surface area contributed by atoms with Crippen molar-refractivity contribution in [3.8, 4) is 28.5 Å². The fraction of sp³-hybridized carbons (Fsp3) is 0.0400. The maximum Gasteiger partial charge on any atom is 0.168 e. The van der Waals surface area contributed by atoms with E-state index in [0.29, 0.717) is 0 Å². The van der Waals surface area contributed by atoms with E-state index in [4.69, 9.17) is 0 Å². The first-order valence-electron chi connectivity index (χ1n) is 9.37. The van der Waals surface area contributed by atoms with Crippen LogP contribution < -0.4 is 0 Å². The molecule has 3 heteroatoms. The van der Waals surface area contributed by atoms with Gasteiger partial charge in [-0.3, -0.25) is 4.57 Å². The van der Waals surface area contributed by atoms with Gasteiger partial charge in [0.25, 0.3) is 0 Å². The summed E-state index contributed by atoms with van der Waals surface area (Å²) in [6, 6.07) is 33.4. The molecule has 134 valence electrons. The largest absolute Gasteiger partial charge is 0.274 e. The fourth-order valence-corrected chi connectivity index (χ4v) is 3.68. The number of aryl methyl sites for hydroxylation is 1. The van der Waals surface area contributed by atoms with Crippen molar-refractivity contribution in [2.45, 2.75) is 6.92 Å². The molecule has 0 aliphatic carbocycles. The van der Waals surface area contributed by atoms with Gasteiger partial charge in [-0.15, -0.1) is 10.2 Å². The minimum Gasteiger partial charge on any atom is -0.274 e. The highest BCUT2D eigenvalue weighted by Gasteiger charge is 2.18. The molecule has 3 nitrogen and oxygen atoms in total. The quantitative estimate of drug-likeness (QED) is 0.391. The number of rotatable bonds is 3. The van der Waals surface area contributed by atoms with Crippen molar-refractivity contribution in [2.24, 2.45) is 0 Å². The van der Waals surface area contributed by atoms with Crippen molar-refractivity contribution in [1.29, 1.82) is 0 Å². The molecule has 0 fully saturated rings. The van der Waals surface area contributed by atoms with Gasteiger partial charge in [0.1, 0.15) is 0 Å². The molecule has 0 bridgehead atoms. The second kappa shape index (κ2) is 6.78. The molecule has 5 rings (SSSR count). The molecule has 5 aromatic rings. The Kier molecular flexibility index (Phi) is 3.99. The molecule has 0 amide bonds. The summed E-state index contributed by atoms with van der Waals surface area (Å²) in [6.07, 6.45) is 0. The smallest absolute Gasteiger partial charge is 0.168 e. The second-order valence-corrected chi connectivity index (χ2v) is 6.92. The van der Waals surface area contributed by atoms with Crippen LogP contribution in [0.25, 0.3) is 39.2 Å². The molecule has 0 aliphatic rings. The van der Waals surface area contributed by atoms with Crippen LogP contribution in [0.4, 0.5) is 0 Å². The van der Waals surface area contributed by atoms with Crippen LogP contribution in [0.15, 0.2) is 97.1 Å². The molecule has 0 N–H and O–H groups in total. The number of aromatic nitrogens is 3. The zero-order valence-electron chi connectivity index (χ0n) is 15.6. The van der Waals surface area contributed by atoms with Crippen molar-refractivity contribution in [1.82, 2.24) is 14.8 Å². The number of hydrogen-bond donors (Lipinski definition) is 0. The van der Waals surface area contributed by atoms with Gasteiger partial charge in [-0.05, 0) is 23.9 Å². The molecule has 0 unspecified atom stereocenters. The van der Waals surface area contributed by atoms with Gasteiger partial charge in [0, 0.05) is 16.5 Å². The van der Waals surface area contributed by atoms with Crippen LogP contribution in [0.5, 0.6) is 0 Å². The molecule has 4 aromatic carbocycles. The molecule has 0 spiro atoms. The average molecular weight is 361 g/mol. The SMILES string of the molecule is Cc1cc(-n2c(-c3ccccc3)nnc2-c2ccccc2)c2ccccc2c1. The van der Waals surface area contributed by atoms with E-state index in [9.17, 15) is 0 Å². The van der Waals surface area contributed by atoms with Gasteiger partial charge < -0.3 is 0 Å². The Morgan fingerprint density at radius 1 is 0.607 bits per heavy atom. The summed E-state index contributed by atoms with van der Waals surface area (Å²) in [5, 5.41) is 11.6. The predicted octanol–water partition coefficient (Wildman–Crippen LogP) is 6.06. The van der Waals surface area contributed by atoms with Gasteiger partial charge in [0.05, 0.1) is 5.69 Å². The molecule has 1 aromatic heterocycles. The summed E-state index contributed by atoms with van der Waals surface area (Å²) in [5.74, 6) is 1.69. The Morgan fingerprint density at radius 3 is 1.75 bits per heavy atom. The molecular weight excluding hydrogens is 342 g/mol. The summed E-state index contributed by atoms with van der Waals surface area (Å²) in [4.78, 5) is 0. The standard InChI is InChI=1S/C25H19N3/c1-18-16-21-14-8-9-15-22(21)23(17-18)28-24(19-10-4-2-5-11-19)26-27-25(28)20-12-6-3-7-13-20/h2-17H,1H3. The number of fused-ring (bicyclic) bond motifs is 1. The highest BCUT2D eigenvalue weighted by molar-refractivity contribution is 5.92. The Bertz CT molecular complexity index is 1200. The van der Waals surface area contributed by atoms with Crippen LogP contribution in [0, 0.1) is 6.92 Å². The van der Waals surface area contributed by atoms with Gasteiger partial charge in [0.2, 0.25) is 0 Å². The lowest BCUT2D eigenvalue weighted by atomic mass is 10.0. The normalized spacial score (nSPS) is 11.0. The summed E-state index contributed by atoms with van der Waals surface area (Å²) in [6.45, 7) is 2.13. The fourth-order valence-electron chi connectivity index (χ4n) is 3.68. The van der Waals surface area contributed by atoms with Gasteiger partial charge in [-0.25, -0.2) is 0 Å². The van der Waals surface area contributed by atoms with Crippen molar-refractivity contribution in [2.75, 3.05) is 0 Å². The number of nitrogens with zero attached hydrogens (tertiary/aromatic N) is 3. The van der Waals surface area contributed by atoms with E-state index in [-0.39, 0.29) is 0 Å². The van der Waals surface area contributed by atoms with Crippen LogP contribution in [0.2, 0.25) is 0 Å². The van der Waals surface area contributed by atoms with E-state index in [1.807, 2.05) is 36.4 Å². The zero-order chi connectivity index (χ0) is 18.9. The number of hydrogen-bond acceptors (Lipinski definition) is 2. The highest BCUT2D eigenvalue weighted by Crippen LogP contribution is 2.32. The van der Waals surface area contributed by atoms with Gasteiger partial charge in [0.15, 0.2) is 11.6 Å². The van der Waals surface area contributed by atoms with E-state index in [2.05, 4.69) is 82.4 Å². The van der Waals surface area contributed by atoms with E-state index >= 15 is 0 Å². The van der Waals surface area contributed by atoms with Gasteiger partial charge in [-0.2, -0.15) is 0 Å². The maximum atomic E-state index is 4.59. The van der Waals surface area contributed by atoms with Crippen LogP contribution in [0.3, 0.4) is 0 Å². The molecular formula is C25H19N3. The minimum atomic E-state index is 0.843. The second-order valence-electron chi connectivity index (χ2n) is 6.92. The monoisotopic (exact) mass is 361 g/mol. The Balaban J connectivity index is 1.87. The van der Waals surface area contributed by atoms with E-state index < -0.39 is 0 Å². The zero-order valence-corrected chi connectivity index (χ0v) is 15.6. The minimum absolute atomic E-state index is 0.843. The molecule has 0 atom stereocenters. The Hall–Kier alpha value is -3.72. The summed E-state index contributed by atoms with van der Waals surface area (Å²) >= 11 is 0. The van der Waals surface area contributed by atoms with E-state index in [1.165, 1.54) is 16.3 Å². The van der Waals surface area contributed by atoms with Crippen LogP contribution >= 0.6 is 0 Å². The topological polar surface area (TPSA) is 30.7 Å². The predicted molar refractivity (Wildman–Crippen MR) is 114 cm³/mol. The lowest BCUT2D eigenvalue weighted by molar-refractivity contribution is 1.08. The third-order valence-electron chi connectivity index (χ3n) is 4.95. The van der Waals surface area contributed by atoms with E-state index in [1.54, 1.807) is 0 Å². The Morgan fingerprint density at radius 2 is 1.14 bits per heavy atom. The van der Waals surface area contributed by atoms with Crippen LogP contribution in [-0.2, 0) is 0 Å². The van der Waals surface area contributed by atoms with Crippen LogP contribution in [-0.4, -0.2) is 14.8 Å². The molecule has 0 aliphatic heterocycles. The molecule has 0 saturated carbocycles. The van der Waals surface area contributed by atoms with Gasteiger partial charge >= 0.3 is 0 Å². The summed E-state index contributed by atoms with van der Waals surface area (Å²) < 4.78 is 2.18. The molecule has 28 heavy (non-hydrogen) atoms. The van der Waals surface area contributed by atoms with Gasteiger partial charge in [-0.1, -0.05) is 91.0 Å².